The molecular weight excluding hydrogens is 422 g/mol. The molecule has 0 radical (unpaired) electrons. The molecule has 0 bridgehead atoms. The fourth-order valence-corrected chi connectivity index (χ4v) is 3.97. The molecule has 2 aromatic carbocycles. The molecule has 2 aromatic rings. The van der Waals surface area contributed by atoms with Gasteiger partial charge in [-0.2, -0.15) is 0 Å². The van der Waals surface area contributed by atoms with Crippen LogP contribution in [0.25, 0.3) is 0 Å². The van der Waals surface area contributed by atoms with Crippen LogP contribution in [0.4, 0.5) is 5.69 Å². The van der Waals surface area contributed by atoms with Crippen molar-refractivity contribution in [2.24, 2.45) is 5.92 Å². The van der Waals surface area contributed by atoms with Gasteiger partial charge in [-0.3, -0.25) is 4.79 Å². The second-order valence-electron chi connectivity index (χ2n) is 8.06. The van der Waals surface area contributed by atoms with Gasteiger partial charge in [0.25, 0.3) is 5.91 Å². The highest BCUT2D eigenvalue weighted by molar-refractivity contribution is 7.80. The van der Waals surface area contributed by atoms with Crippen LogP contribution in [0.1, 0.15) is 49.7 Å². The van der Waals surface area contributed by atoms with E-state index in [1.165, 1.54) is 0 Å². The van der Waals surface area contributed by atoms with E-state index < -0.39 is 6.04 Å². The van der Waals surface area contributed by atoms with E-state index in [4.69, 9.17) is 17.0 Å². The second kappa shape index (κ2) is 10.4. The summed E-state index contributed by atoms with van der Waals surface area (Å²) < 4.78 is 5.57. The molecule has 0 saturated heterocycles. The van der Waals surface area contributed by atoms with Crippen LogP contribution < -0.4 is 10.6 Å². The maximum absolute atomic E-state index is 13.1. The molecule has 0 fully saturated rings. The minimum Gasteiger partial charge on any atom is -0.462 e. The molecule has 0 spiro atoms. The highest BCUT2D eigenvalue weighted by Gasteiger charge is 2.34. The van der Waals surface area contributed by atoms with Crippen LogP contribution in [0.15, 0.2) is 65.9 Å². The monoisotopic (exact) mass is 451 g/mol. The molecule has 1 heterocycles. The minimum absolute atomic E-state index is 0.199. The number of carbonyl (C=O) groups is 2. The lowest BCUT2D eigenvalue weighted by Crippen LogP contribution is -2.47. The molecule has 2 N–H and O–H groups in total. The van der Waals surface area contributed by atoms with Gasteiger partial charge in [0.05, 0.1) is 18.2 Å². The number of carbonyl (C=O) groups excluding carboxylic acids is 2. The van der Waals surface area contributed by atoms with E-state index >= 15 is 0 Å². The molecule has 0 aromatic heterocycles. The van der Waals surface area contributed by atoms with Gasteiger partial charge >= 0.3 is 5.97 Å². The van der Waals surface area contributed by atoms with Gasteiger partial charge < -0.3 is 20.3 Å². The van der Waals surface area contributed by atoms with Crippen LogP contribution in [0.3, 0.4) is 0 Å². The fraction of sp³-hybridized carbons (Fsp3) is 0.320. The Hall–Kier alpha value is -3.19. The fourth-order valence-electron chi connectivity index (χ4n) is 3.59. The van der Waals surface area contributed by atoms with Crippen LogP contribution in [0.2, 0.25) is 0 Å². The lowest BCUT2D eigenvalue weighted by atomic mass is 9.94. The van der Waals surface area contributed by atoms with Crippen molar-refractivity contribution in [3.8, 4) is 0 Å². The summed E-state index contributed by atoms with van der Waals surface area (Å²) >= 11 is 5.55. The van der Waals surface area contributed by atoms with Crippen molar-refractivity contribution < 1.29 is 14.3 Å². The number of nitrogens with zero attached hydrogens (tertiary/aromatic N) is 1. The number of allylic oxidation sites excluding steroid dienone is 1. The van der Waals surface area contributed by atoms with Crippen molar-refractivity contribution in [2.75, 3.05) is 18.5 Å². The Morgan fingerprint density at radius 2 is 1.88 bits per heavy atom. The molecule has 1 amide bonds. The first-order chi connectivity index (χ1) is 15.3. The second-order valence-corrected chi connectivity index (χ2v) is 8.45. The molecular formula is C25H29N3O3S. The zero-order valence-corrected chi connectivity index (χ0v) is 19.7. The first kappa shape index (κ1) is 23.5. The molecule has 1 aliphatic rings. The SMILES string of the molecule is CCN1C(=S)N[C@@H](c2cccc(NC(=O)c3ccccc3)c2)C(C(=O)OCC(C)C)=C1C. The summed E-state index contributed by atoms with van der Waals surface area (Å²) in [5, 5.41) is 6.75. The third-order valence-electron chi connectivity index (χ3n) is 5.19. The molecule has 1 aliphatic heterocycles. The summed E-state index contributed by atoms with van der Waals surface area (Å²) in [6.07, 6.45) is 0. The van der Waals surface area contributed by atoms with Crippen LogP contribution in [-0.4, -0.2) is 35.0 Å². The zero-order valence-electron chi connectivity index (χ0n) is 18.8. The number of thiocarbonyl (C=S) groups is 1. The highest BCUT2D eigenvalue weighted by Crippen LogP contribution is 2.32. The Bertz CT molecular complexity index is 1030. The molecule has 32 heavy (non-hydrogen) atoms. The van der Waals surface area contributed by atoms with E-state index in [9.17, 15) is 9.59 Å². The van der Waals surface area contributed by atoms with Gasteiger partial charge in [-0.1, -0.05) is 44.2 Å². The highest BCUT2D eigenvalue weighted by atomic mass is 32.1. The number of anilines is 1. The van der Waals surface area contributed by atoms with Crippen LogP contribution in [-0.2, 0) is 9.53 Å². The maximum atomic E-state index is 13.1. The first-order valence-electron chi connectivity index (χ1n) is 10.7. The van der Waals surface area contributed by atoms with Gasteiger partial charge in [0, 0.05) is 23.5 Å². The van der Waals surface area contributed by atoms with E-state index in [-0.39, 0.29) is 17.8 Å². The Labute approximate surface area is 194 Å². The summed E-state index contributed by atoms with van der Waals surface area (Å²) in [5.74, 6) is -0.335. The zero-order chi connectivity index (χ0) is 23.3. The van der Waals surface area contributed by atoms with E-state index in [2.05, 4.69) is 10.6 Å². The first-order valence-corrected chi connectivity index (χ1v) is 11.1. The standard InChI is InChI=1S/C25H29N3O3S/c1-5-28-17(4)21(24(30)31-15-16(2)3)22(27-25(28)32)19-12-9-13-20(14-19)26-23(29)18-10-7-6-8-11-18/h6-14,16,22H,5,15H2,1-4H3,(H,26,29)(H,27,32)/t22-/m0/s1. The average Bonchev–Trinajstić information content (AvgIpc) is 2.78. The van der Waals surface area contributed by atoms with Gasteiger partial charge in [0.15, 0.2) is 5.11 Å². The van der Waals surface area contributed by atoms with Crippen LogP contribution in [0.5, 0.6) is 0 Å². The molecule has 1 atom stereocenters. The maximum Gasteiger partial charge on any atom is 0.338 e. The van der Waals surface area contributed by atoms with E-state index in [1.54, 1.807) is 12.1 Å². The molecule has 3 rings (SSSR count). The molecule has 0 unspecified atom stereocenters. The van der Waals surface area contributed by atoms with E-state index in [0.717, 1.165) is 11.3 Å². The Balaban J connectivity index is 1.92. The topological polar surface area (TPSA) is 70.7 Å². The summed E-state index contributed by atoms with van der Waals surface area (Å²) in [6, 6.07) is 16.0. The average molecular weight is 452 g/mol. The number of ether oxygens (including phenoxy) is 1. The summed E-state index contributed by atoms with van der Waals surface area (Å²) in [5.41, 5.74) is 3.31. The molecule has 0 saturated carbocycles. The Morgan fingerprint density at radius 3 is 2.53 bits per heavy atom. The number of nitrogens with one attached hydrogen (secondary N) is 2. The summed E-state index contributed by atoms with van der Waals surface area (Å²) in [7, 11) is 0. The van der Waals surface area contributed by atoms with Crippen molar-refractivity contribution in [1.82, 2.24) is 10.2 Å². The lowest BCUT2D eigenvalue weighted by molar-refractivity contribution is -0.140. The number of rotatable bonds is 7. The molecule has 6 nitrogen and oxygen atoms in total. The van der Waals surface area contributed by atoms with E-state index in [1.807, 2.05) is 75.1 Å². The van der Waals surface area contributed by atoms with Crippen molar-refractivity contribution >= 4 is 34.9 Å². The van der Waals surface area contributed by atoms with Crippen molar-refractivity contribution in [3.63, 3.8) is 0 Å². The quantitative estimate of drug-likeness (QED) is 0.471. The Morgan fingerprint density at radius 1 is 1.16 bits per heavy atom. The number of hydrogen-bond acceptors (Lipinski definition) is 4. The van der Waals surface area contributed by atoms with Crippen molar-refractivity contribution in [3.05, 3.63) is 77.0 Å². The summed E-state index contributed by atoms with van der Waals surface area (Å²) in [6.45, 7) is 8.84. The molecule has 7 heteroatoms. The predicted octanol–water partition coefficient (Wildman–Crippen LogP) is 4.66. The van der Waals surface area contributed by atoms with E-state index in [0.29, 0.717) is 35.1 Å². The summed E-state index contributed by atoms with van der Waals surface area (Å²) in [4.78, 5) is 27.5. The number of amides is 1. The van der Waals surface area contributed by atoms with Crippen LogP contribution >= 0.6 is 12.2 Å². The third kappa shape index (κ3) is 5.34. The smallest absolute Gasteiger partial charge is 0.338 e. The molecule has 0 aliphatic carbocycles. The van der Waals surface area contributed by atoms with Gasteiger partial charge in [-0.15, -0.1) is 0 Å². The lowest BCUT2D eigenvalue weighted by Gasteiger charge is -2.37. The van der Waals surface area contributed by atoms with Crippen LogP contribution in [0, 0.1) is 5.92 Å². The van der Waals surface area contributed by atoms with Gasteiger partial charge in [-0.25, -0.2) is 4.79 Å². The van der Waals surface area contributed by atoms with Gasteiger partial charge in [0.2, 0.25) is 0 Å². The van der Waals surface area contributed by atoms with Gasteiger partial charge in [-0.05, 0) is 61.8 Å². The number of benzene rings is 2. The largest absolute Gasteiger partial charge is 0.462 e. The van der Waals surface area contributed by atoms with Crippen molar-refractivity contribution in [1.29, 1.82) is 0 Å². The number of hydrogen-bond donors (Lipinski definition) is 2. The Kier molecular flexibility index (Phi) is 7.64. The minimum atomic E-state index is -0.474. The van der Waals surface area contributed by atoms with Gasteiger partial charge in [0.1, 0.15) is 0 Å². The predicted molar refractivity (Wildman–Crippen MR) is 130 cm³/mol. The third-order valence-corrected chi connectivity index (χ3v) is 5.53. The number of esters is 1. The van der Waals surface area contributed by atoms with Crippen molar-refractivity contribution in [2.45, 2.75) is 33.7 Å². The molecule has 168 valence electrons. The normalized spacial score (nSPS) is 16.1.